The van der Waals surface area contributed by atoms with Crippen molar-refractivity contribution in [2.45, 2.75) is 34.6 Å². The predicted octanol–water partition coefficient (Wildman–Crippen LogP) is 3.47. The van der Waals surface area contributed by atoms with E-state index in [0.29, 0.717) is 11.3 Å². The van der Waals surface area contributed by atoms with E-state index in [0.717, 1.165) is 22.4 Å². The molecule has 3 heteroatoms. The molecule has 0 heterocycles. The molecule has 0 bridgehead atoms. The molecule has 0 fully saturated rings. The summed E-state index contributed by atoms with van der Waals surface area (Å²) < 4.78 is 5.34. The lowest BCUT2D eigenvalue weighted by molar-refractivity contribution is -0.113. The minimum absolute atomic E-state index is 0. The summed E-state index contributed by atoms with van der Waals surface area (Å²) in [6.07, 6.45) is 0. The van der Waals surface area contributed by atoms with Crippen molar-refractivity contribution in [3.05, 3.63) is 34.4 Å². The fourth-order valence-corrected chi connectivity index (χ4v) is 2.49. The van der Waals surface area contributed by atoms with Gasteiger partial charge in [0.2, 0.25) is 0 Å². The summed E-state index contributed by atoms with van der Waals surface area (Å²) in [5.41, 5.74) is 10.4. The van der Waals surface area contributed by atoms with E-state index < -0.39 is 0 Å². The molecule has 0 amide bonds. The number of benzene rings is 1. The van der Waals surface area contributed by atoms with Crippen molar-refractivity contribution < 1.29 is 11.0 Å². The monoisotopic (exact) mass is 263 g/mol. The quantitative estimate of drug-likeness (QED) is 0.846. The van der Waals surface area contributed by atoms with E-state index in [1.165, 1.54) is 0 Å². The Labute approximate surface area is 116 Å². The molecule has 19 heavy (non-hydrogen) atoms. The standard InChI is InChI=1S/C16H23NO2.H2/c1-9(2)14(12(5)18)15(17)13-7-10(3)16(19-6)11(4)8-13;/h7-9H,17H2,1-6H3;1H/b15-14-;. The number of carbonyl (C=O) groups is 1. The number of aryl methyl sites for hydroxylation is 2. The largest absolute Gasteiger partial charge is 0.496 e. The van der Waals surface area contributed by atoms with Crippen molar-refractivity contribution in [3.63, 3.8) is 0 Å². The third kappa shape index (κ3) is 3.16. The van der Waals surface area contributed by atoms with Crippen LogP contribution in [0.5, 0.6) is 5.75 Å². The van der Waals surface area contributed by atoms with E-state index in [1.807, 2.05) is 39.8 Å². The number of allylic oxidation sites excluding steroid dienone is 1. The summed E-state index contributed by atoms with van der Waals surface area (Å²) in [5, 5.41) is 0. The molecule has 0 saturated carbocycles. The molecule has 0 aromatic heterocycles. The number of hydrogen-bond acceptors (Lipinski definition) is 3. The van der Waals surface area contributed by atoms with Gasteiger partial charge in [-0.05, 0) is 55.5 Å². The molecule has 1 rings (SSSR count). The molecule has 0 aliphatic rings. The molecule has 0 spiro atoms. The van der Waals surface area contributed by atoms with Crippen molar-refractivity contribution in [2.75, 3.05) is 7.11 Å². The highest BCUT2D eigenvalue weighted by atomic mass is 16.5. The van der Waals surface area contributed by atoms with Crippen LogP contribution in [0, 0.1) is 19.8 Å². The molecule has 1 aromatic rings. The van der Waals surface area contributed by atoms with Gasteiger partial charge in [0, 0.05) is 12.7 Å². The zero-order valence-corrected chi connectivity index (χ0v) is 12.6. The van der Waals surface area contributed by atoms with Crippen molar-refractivity contribution in [1.82, 2.24) is 0 Å². The molecule has 0 aliphatic heterocycles. The van der Waals surface area contributed by atoms with Crippen molar-refractivity contribution in [1.29, 1.82) is 0 Å². The summed E-state index contributed by atoms with van der Waals surface area (Å²) in [6.45, 7) is 9.47. The Morgan fingerprint density at radius 3 is 2.05 bits per heavy atom. The van der Waals surface area contributed by atoms with Crippen LogP contribution in [0.15, 0.2) is 17.7 Å². The van der Waals surface area contributed by atoms with Gasteiger partial charge in [0.05, 0.1) is 7.11 Å². The number of Topliss-reactive ketones (excluding diaryl/α,β-unsaturated/α-hetero) is 1. The Morgan fingerprint density at radius 1 is 1.26 bits per heavy atom. The lowest BCUT2D eigenvalue weighted by atomic mass is 9.93. The van der Waals surface area contributed by atoms with E-state index in [2.05, 4.69) is 0 Å². The zero-order chi connectivity index (χ0) is 14.7. The Morgan fingerprint density at radius 2 is 1.74 bits per heavy atom. The second-order valence-corrected chi connectivity index (χ2v) is 5.18. The van der Waals surface area contributed by atoms with Crippen LogP contribution in [-0.2, 0) is 4.79 Å². The second kappa shape index (κ2) is 5.91. The van der Waals surface area contributed by atoms with Gasteiger partial charge in [-0.1, -0.05) is 13.8 Å². The first-order chi connectivity index (χ1) is 8.79. The molecule has 106 valence electrons. The van der Waals surface area contributed by atoms with Gasteiger partial charge in [-0.2, -0.15) is 0 Å². The molecule has 0 saturated heterocycles. The van der Waals surface area contributed by atoms with Gasteiger partial charge in [-0.15, -0.1) is 0 Å². The maximum atomic E-state index is 11.7. The fraction of sp³-hybridized carbons (Fsp3) is 0.438. The smallest absolute Gasteiger partial charge is 0.158 e. The van der Waals surface area contributed by atoms with Gasteiger partial charge in [-0.3, -0.25) is 4.79 Å². The molecule has 1 aromatic carbocycles. The van der Waals surface area contributed by atoms with Gasteiger partial charge in [-0.25, -0.2) is 0 Å². The number of ether oxygens (including phenoxy) is 1. The highest BCUT2D eigenvalue weighted by Gasteiger charge is 2.16. The average Bonchev–Trinajstić information content (AvgIpc) is 2.27. The molecular weight excluding hydrogens is 238 g/mol. The Balaban J connectivity index is 0.00000361. The van der Waals surface area contributed by atoms with E-state index >= 15 is 0 Å². The lowest BCUT2D eigenvalue weighted by Gasteiger charge is -2.16. The first-order valence-corrected chi connectivity index (χ1v) is 6.45. The number of rotatable bonds is 4. The highest BCUT2D eigenvalue weighted by molar-refractivity contribution is 6.01. The SMILES string of the molecule is COc1c(C)cc(/C(N)=C(/C(C)=O)C(C)C)cc1C.[HH]. The third-order valence-corrected chi connectivity index (χ3v) is 3.22. The van der Waals surface area contributed by atoms with Gasteiger partial charge in [0.1, 0.15) is 5.75 Å². The molecular formula is C16H25NO2. The van der Waals surface area contributed by atoms with Crippen LogP contribution >= 0.6 is 0 Å². The van der Waals surface area contributed by atoms with Crippen molar-refractivity contribution in [2.24, 2.45) is 11.7 Å². The minimum atomic E-state index is 0. The number of carbonyl (C=O) groups excluding carboxylic acids is 1. The summed E-state index contributed by atoms with van der Waals surface area (Å²) >= 11 is 0. The van der Waals surface area contributed by atoms with Crippen LogP contribution in [0.4, 0.5) is 0 Å². The van der Waals surface area contributed by atoms with Gasteiger partial charge < -0.3 is 10.5 Å². The van der Waals surface area contributed by atoms with Crippen LogP contribution in [-0.4, -0.2) is 12.9 Å². The molecule has 0 radical (unpaired) electrons. The summed E-state index contributed by atoms with van der Waals surface area (Å²) in [7, 11) is 1.66. The van der Waals surface area contributed by atoms with Crippen molar-refractivity contribution in [3.8, 4) is 5.75 Å². The molecule has 0 aliphatic carbocycles. The average molecular weight is 263 g/mol. The summed E-state index contributed by atoms with van der Waals surface area (Å²) in [5.74, 6) is 1.00. The first kappa shape index (κ1) is 15.3. The maximum Gasteiger partial charge on any atom is 0.158 e. The number of hydrogen-bond donors (Lipinski definition) is 1. The van der Waals surface area contributed by atoms with Gasteiger partial charge >= 0.3 is 0 Å². The van der Waals surface area contributed by atoms with E-state index in [1.54, 1.807) is 14.0 Å². The van der Waals surface area contributed by atoms with E-state index in [4.69, 9.17) is 10.5 Å². The van der Waals surface area contributed by atoms with Gasteiger partial charge in [0.25, 0.3) is 0 Å². The lowest BCUT2D eigenvalue weighted by Crippen LogP contribution is -2.13. The molecule has 0 atom stereocenters. The third-order valence-electron chi connectivity index (χ3n) is 3.22. The normalized spacial score (nSPS) is 12.4. The van der Waals surface area contributed by atoms with Crippen LogP contribution in [0.2, 0.25) is 0 Å². The van der Waals surface area contributed by atoms with E-state index in [-0.39, 0.29) is 13.1 Å². The maximum absolute atomic E-state index is 11.7. The molecule has 2 N–H and O–H groups in total. The van der Waals surface area contributed by atoms with Crippen LogP contribution in [0.25, 0.3) is 5.70 Å². The highest BCUT2D eigenvalue weighted by Crippen LogP contribution is 2.28. The van der Waals surface area contributed by atoms with Crippen LogP contribution < -0.4 is 10.5 Å². The topological polar surface area (TPSA) is 52.3 Å². The fourth-order valence-electron chi connectivity index (χ4n) is 2.49. The van der Waals surface area contributed by atoms with Gasteiger partial charge in [0.15, 0.2) is 5.78 Å². The van der Waals surface area contributed by atoms with Crippen LogP contribution in [0.1, 0.15) is 38.9 Å². The zero-order valence-electron chi connectivity index (χ0n) is 12.6. The van der Waals surface area contributed by atoms with E-state index in [9.17, 15) is 4.79 Å². The molecule has 0 unspecified atom stereocenters. The van der Waals surface area contributed by atoms with Crippen molar-refractivity contribution >= 4 is 11.5 Å². The summed E-state index contributed by atoms with van der Waals surface area (Å²) in [4.78, 5) is 11.7. The minimum Gasteiger partial charge on any atom is -0.496 e. The van der Waals surface area contributed by atoms with Crippen LogP contribution in [0.3, 0.4) is 0 Å². The predicted molar refractivity (Wildman–Crippen MR) is 81.2 cm³/mol. The Kier molecular flexibility index (Phi) is 4.76. The number of methoxy groups -OCH3 is 1. The number of ketones is 1. The summed E-state index contributed by atoms with van der Waals surface area (Å²) in [6, 6.07) is 3.93. The first-order valence-electron chi connectivity index (χ1n) is 6.45. The second-order valence-electron chi connectivity index (χ2n) is 5.18. The Bertz CT molecular complexity index is 510. The molecule has 3 nitrogen and oxygen atoms in total. The number of nitrogens with two attached hydrogens (primary N) is 1. The Hall–Kier alpha value is -1.77.